The molecule has 0 N–H and O–H groups in total. The van der Waals surface area contributed by atoms with Gasteiger partial charge in [-0.1, -0.05) is 13.3 Å². The average Bonchev–Trinajstić information content (AvgIpc) is 2.57. The monoisotopic (exact) mass is 219 g/mol. The lowest BCUT2D eigenvalue weighted by atomic mass is 9.75. The van der Waals surface area contributed by atoms with Gasteiger partial charge in [-0.05, 0) is 31.0 Å². The van der Waals surface area contributed by atoms with E-state index in [0.29, 0.717) is 0 Å². The number of hydrogen-bond acceptors (Lipinski definition) is 3. The molecule has 0 radical (unpaired) electrons. The molecule has 3 heteroatoms. The summed E-state index contributed by atoms with van der Waals surface area (Å²) in [6.45, 7) is 4.05. The molecule has 1 fully saturated rings. The molecule has 0 saturated carbocycles. The minimum atomic E-state index is -0.433. The van der Waals surface area contributed by atoms with E-state index < -0.39 is 5.41 Å². The predicted octanol–water partition coefficient (Wildman–Crippen LogP) is 2.45. The van der Waals surface area contributed by atoms with Crippen molar-refractivity contribution in [2.75, 3.05) is 0 Å². The van der Waals surface area contributed by atoms with E-state index in [-0.39, 0.29) is 12.1 Å². The average molecular weight is 219 g/mol. The van der Waals surface area contributed by atoms with E-state index in [9.17, 15) is 4.79 Å². The van der Waals surface area contributed by atoms with Crippen LogP contribution in [-0.4, -0.2) is 17.1 Å². The molecule has 0 amide bonds. The van der Waals surface area contributed by atoms with Crippen molar-refractivity contribution in [2.45, 2.75) is 44.6 Å². The van der Waals surface area contributed by atoms with Gasteiger partial charge < -0.3 is 4.74 Å². The number of esters is 1. The topological polar surface area (TPSA) is 39.2 Å². The molecular formula is C13H17NO2. The van der Waals surface area contributed by atoms with Gasteiger partial charge in [0.15, 0.2) is 0 Å². The fraction of sp³-hybridized carbons (Fsp3) is 0.538. The highest BCUT2D eigenvalue weighted by Gasteiger charge is 2.48. The number of carbonyl (C=O) groups is 1. The number of pyridine rings is 1. The first kappa shape index (κ1) is 11.1. The number of carbonyl (C=O) groups excluding carboxylic acids is 1. The van der Waals surface area contributed by atoms with Crippen molar-refractivity contribution in [3.8, 4) is 0 Å². The van der Waals surface area contributed by atoms with Crippen LogP contribution in [0.15, 0.2) is 24.5 Å². The zero-order chi connectivity index (χ0) is 11.6. The molecule has 1 aromatic rings. The Balaban J connectivity index is 2.40. The minimum absolute atomic E-state index is 0.0206. The second-order valence-electron chi connectivity index (χ2n) is 4.49. The molecular weight excluding hydrogens is 202 g/mol. The van der Waals surface area contributed by atoms with Crippen LogP contribution < -0.4 is 0 Å². The van der Waals surface area contributed by atoms with Gasteiger partial charge in [-0.25, -0.2) is 0 Å². The Bertz CT molecular complexity index is 377. The normalized spacial score (nSPS) is 29.1. The van der Waals surface area contributed by atoms with Gasteiger partial charge in [-0.3, -0.25) is 9.78 Å². The Morgan fingerprint density at radius 3 is 2.69 bits per heavy atom. The summed E-state index contributed by atoms with van der Waals surface area (Å²) in [5.74, 6) is -0.0759. The van der Waals surface area contributed by atoms with Crippen molar-refractivity contribution in [1.29, 1.82) is 0 Å². The van der Waals surface area contributed by atoms with Crippen molar-refractivity contribution in [1.82, 2.24) is 4.98 Å². The summed E-state index contributed by atoms with van der Waals surface area (Å²) in [4.78, 5) is 16.1. The molecule has 1 saturated heterocycles. The number of ether oxygens (including phenoxy) is 1. The molecule has 0 aromatic carbocycles. The lowest BCUT2D eigenvalue weighted by molar-refractivity contribution is -0.145. The standard InChI is InChI=1S/C13H17NO2/c1-3-6-13(9-10(2)16-12(13)15)11-4-7-14-8-5-11/h4-5,7-8,10H,3,6,9H2,1-2H3/t10-,13-/m0/s1. The molecule has 0 unspecified atom stereocenters. The molecule has 0 bridgehead atoms. The number of nitrogens with zero attached hydrogens (tertiary/aromatic N) is 1. The van der Waals surface area contributed by atoms with Crippen molar-refractivity contribution in [3.63, 3.8) is 0 Å². The molecule has 0 aliphatic carbocycles. The third kappa shape index (κ3) is 1.70. The summed E-state index contributed by atoms with van der Waals surface area (Å²) in [6, 6.07) is 3.85. The lowest BCUT2D eigenvalue weighted by Crippen LogP contribution is -2.31. The van der Waals surface area contributed by atoms with Crippen LogP contribution in [0, 0.1) is 0 Å². The molecule has 3 nitrogen and oxygen atoms in total. The maximum absolute atomic E-state index is 12.1. The van der Waals surface area contributed by atoms with E-state index >= 15 is 0 Å². The second-order valence-corrected chi connectivity index (χ2v) is 4.49. The van der Waals surface area contributed by atoms with E-state index in [4.69, 9.17) is 4.74 Å². The van der Waals surface area contributed by atoms with Crippen molar-refractivity contribution in [3.05, 3.63) is 30.1 Å². The predicted molar refractivity (Wildman–Crippen MR) is 61.0 cm³/mol. The van der Waals surface area contributed by atoms with Crippen molar-refractivity contribution < 1.29 is 9.53 Å². The number of hydrogen-bond donors (Lipinski definition) is 0. The largest absolute Gasteiger partial charge is 0.462 e. The fourth-order valence-electron chi connectivity index (χ4n) is 2.59. The van der Waals surface area contributed by atoms with Crippen LogP contribution in [-0.2, 0) is 14.9 Å². The maximum atomic E-state index is 12.1. The smallest absolute Gasteiger partial charge is 0.316 e. The molecule has 2 atom stereocenters. The summed E-state index contributed by atoms with van der Waals surface area (Å²) >= 11 is 0. The zero-order valence-corrected chi connectivity index (χ0v) is 9.77. The highest BCUT2D eigenvalue weighted by molar-refractivity contribution is 5.85. The van der Waals surface area contributed by atoms with Gasteiger partial charge in [-0.15, -0.1) is 0 Å². The van der Waals surface area contributed by atoms with Crippen LogP contribution in [0.2, 0.25) is 0 Å². The first-order chi connectivity index (χ1) is 7.69. The molecule has 0 spiro atoms. The van der Waals surface area contributed by atoms with Crippen LogP contribution >= 0.6 is 0 Å². The van der Waals surface area contributed by atoms with Crippen LogP contribution in [0.1, 0.15) is 38.7 Å². The Morgan fingerprint density at radius 1 is 1.50 bits per heavy atom. The fourth-order valence-corrected chi connectivity index (χ4v) is 2.59. The molecule has 2 rings (SSSR count). The maximum Gasteiger partial charge on any atom is 0.316 e. The highest BCUT2D eigenvalue weighted by atomic mass is 16.6. The van der Waals surface area contributed by atoms with Gasteiger partial charge in [-0.2, -0.15) is 0 Å². The van der Waals surface area contributed by atoms with E-state index in [0.717, 1.165) is 24.8 Å². The van der Waals surface area contributed by atoms with Crippen molar-refractivity contribution >= 4 is 5.97 Å². The Kier molecular flexibility index (Phi) is 2.95. The summed E-state index contributed by atoms with van der Waals surface area (Å²) in [7, 11) is 0. The number of aromatic nitrogens is 1. The lowest BCUT2D eigenvalue weighted by Gasteiger charge is -2.24. The van der Waals surface area contributed by atoms with E-state index in [1.165, 1.54) is 0 Å². The Labute approximate surface area is 95.8 Å². The van der Waals surface area contributed by atoms with Crippen molar-refractivity contribution in [2.24, 2.45) is 0 Å². The molecule has 16 heavy (non-hydrogen) atoms. The first-order valence-electron chi connectivity index (χ1n) is 5.80. The van der Waals surface area contributed by atoms with Crippen LogP contribution in [0.5, 0.6) is 0 Å². The van der Waals surface area contributed by atoms with Crippen LogP contribution in [0.25, 0.3) is 0 Å². The van der Waals surface area contributed by atoms with Crippen LogP contribution in [0.3, 0.4) is 0 Å². The summed E-state index contributed by atoms with van der Waals surface area (Å²) in [5, 5.41) is 0. The third-order valence-electron chi connectivity index (χ3n) is 3.24. The Morgan fingerprint density at radius 2 is 2.19 bits per heavy atom. The van der Waals surface area contributed by atoms with Gasteiger partial charge in [0.05, 0.1) is 5.41 Å². The van der Waals surface area contributed by atoms with E-state index in [2.05, 4.69) is 11.9 Å². The van der Waals surface area contributed by atoms with Gasteiger partial charge in [0.1, 0.15) is 6.10 Å². The van der Waals surface area contributed by atoms with Gasteiger partial charge >= 0.3 is 5.97 Å². The van der Waals surface area contributed by atoms with Crippen LogP contribution in [0.4, 0.5) is 0 Å². The summed E-state index contributed by atoms with van der Waals surface area (Å²) in [5.41, 5.74) is 0.607. The zero-order valence-electron chi connectivity index (χ0n) is 9.77. The SMILES string of the molecule is CCC[C@@]1(c2ccncc2)C[C@H](C)OC1=O. The third-order valence-corrected chi connectivity index (χ3v) is 3.24. The molecule has 1 aliphatic heterocycles. The minimum Gasteiger partial charge on any atom is -0.462 e. The van der Waals surface area contributed by atoms with Gasteiger partial charge in [0.25, 0.3) is 0 Å². The van der Waals surface area contributed by atoms with E-state index in [1.54, 1.807) is 12.4 Å². The van der Waals surface area contributed by atoms with Gasteiger partial charge in [0.2, 0.25) is 0 Å². The summed E-state index contributed by atoms with van der Waals surface area (Å²) < 4.78 is 5.32. The summed E-state index contributed by atoms with van der Waals surface area (Å²) in [6.07, 6.45) is 6.10. The Hall–Kier alpha value is -1.38. The molecule has 86 valence electrons. The van der Waals surface area contributed by atoms with E-state index in [1.807, 2.05) is 19.1 Å². The highest BCUT2D eigenvalue weighted by Crippen LogP contribution is 2.41. The van der Waals surface area contributed by atoms with Gasteiger partial charge in [0, 0.05) is 18.8 Å². The molecule has 1 aliphatic rings. The molecule has 2 heterocycles. The number of cyclic esters (lactones) is 1. The number of rotatable bonds is 3. The molecule has 1 aromatic heterocycles. The first-order valence-corrected chi connectivity index (χ1v) is 5.80. The second kappa shape index (κ2) is 4.24. The quantitative estimate of drug-likeness (QED) is 0.733.